The van der Waals surface area contributed by atoms with Crippen molar-refractivity contribution >= 4 is 34.8 Å². The van der Waals surface area contributed by atoms with Crippen LogP contribution in [0.1, 0.15) is 5.56 Å². The number of hydrogen-bond donors (Lipinski definition) is 3. The van der Waals surface area contributed by atoms with E-state index in [9.17, 15) is 18.0 Å². The van der Waals surface area contributed by atoms with Crippen LogP contribution in [0.3, 0.4) is 0 Å². The smallest absolute Gasteiger partial charge is 0.416 e. The second kappa shape index (κ2) is 10.9. The summed E-state index contributed by atoms with van der Waals surface area (Å²) in [6.45, 7) is 0. The second-order valence-corrected chi connectivity index (χ2v) is 8.56. The Balaban J connectivity index is 1.25. The largest absolute Gasteiger partial charge is 0.424 e. The minimum Gasteiger partial charge on any atom is -0.424 e. The number of anilines is 3. The standard InChI is InChI=1S/C25H17ClF3N9O2/c26-16-10-19(22(30)31-11-16)14-1-4-18(5-2-14)40-24-32-12-17(13-33-24)35-23(39)36-20-9-15(25(27,28)29)3-6-21(20)38-8-7-34-37-38/h1-13H,(H2,30,31)(H2,35,36,39). The summed E-state index contributed by atoms with van der Waals surface area (Å²) in [6.07, 6.45) is 2.17. The Hall–Kier alpha value is -5.24. The van der Waals surface area contributed by atoms with E-state index in [2.05, 4.69) is 35.9 Å². The van der Waals surface area contributed by atoms with Crippen LogP contribution >= 0.6 is 11.6 Å². The van der Waals surface area contributed by atoms with Crippen molar-refractivity contribution in [1.29, 1.82) is 0 Å². The third-order valence-corrected chi connectivity index (χ3v) is 5.59. The first-order chi connectivity index (χ1) is 19.2. The SMILES string of the molecule is Nc1ncc(Cl)cc1-c1ccc(Oc2ncc(NC(=O)Nc3cc(C(F)(F)F)ccc3-n3ccnn3)cn2)cc1. The van der Waals surface area contributed by atoms with Gasteiger partial charge in [-0.05, 0) is 42.0 Å². The van der Waals surface area contributed by atoms with Crippen molar-refractivity contribution in [2.75, 3.05) is 16.4 Å². The molecule has 3 heterocycles. The molecule has 4 N–H and O–H groups in total. The fourth-order valence-corrected chi connectivity index (χ4v) is 3.71. The Morgan fingerprint density at radius 3 is 2.40 bits per heavy atom. The summed E-state index contributed by atoms with van der Waals surface area (Å²) >= 11 is 6.00. The molecule has 202 valence electrons. The predicted octanol–water partition coefficient (Wildman–Crippen LogP) is 5.81. The first-order valence-electron chi connectivity index (χ1n) is 11.3. The average Bonchev–Trinajstić information content (AvgIpc) is 3.46. The van der Waals surface area contributed by atoms with Gasteiger partial charge in [0.1, 0.15) is 11.6 Å². The predicted molar refractivity (Wildman–Crippen MR) is 140 cm³/mol. The monoisotopic (exact) mass is 567 g/mol. The molecular weight excluding hydrogens is 551 g/mol. The van der Waals surface area contributed by atoms with Crippen LogP contribution in [-0.2, 0) is 6.18 Å². The Bertz CT molecular complexity index is 1650. The minimum atomic E-state index is -4.61. The van der Waals surface area contributed by atoms with Gasteiger partial charge in [0, 0.05) is 11.8 Å². The van der Waals surface area contributed by atoms with Gasteiger partial charge in [-0.1, -0.05) is 28.9 Å². The third-order valence-electron chi connectivity index (χ3n) is 5.39. The van der Waals surface area contributed by atoms with Crippen LogP contribution in [0, 0.1) is 0 Å². The van der Waals surface area contributed by atoms with E-state index in [4.69, 9.17) is 22.1 Å². The molecule has 0 aliphatic carbocycles. The first kappa shape index (κ1) is 26.4. The maximum Gasteiger partial charge on any atom is 0.416 e. The molecule has 0 radical (unpaired) electrons. The number of pyridine rings is 1. The van der Waals surface area contributed by atoms with E-state index in [-0.39, 0.29) is 23.1 Å². The number of alkyl halides is 3. The molecule has 3 aromatic heterocycles. The fourth-order valence-electron chi connectivity index (χ4n) is 3.56. The highest BCUT2D eigenvalue weighted by atomic mass is 35.5. The molecule has 15 heteroatoms. The molecule has 5 rings (SSSR count). The molecule has 11 nitrogen and oxygen atoms in total. The number of nitrogens with one attached hydrogen (secondary N) is 2. The van der Waals surface area contributed by atoms with Crippen LogP contribution in [0.5, 0.6) is 11.8 Å². The van der Waals surface area contributed by atoms with Crippen LogP contribution in [0.4, 0.5) is 35.2 Å². The lowest BCUT2D eigenvalue weighted by Crippen LogP contribution is -2.21. The summed E-state index contributed by atoms with van der Waals surface area (Å²) in [7, 11) is 0. The van der Waals surface area contributed by atoms with Crippen molar-refractivity contribution in [3.8, 4) is 28.6 Å². The van der Waals surface area contributed by atoms with E-state index < -0.39 is 17.8 Å². The van der Waals surface area contributed by atoms with Crippen LogP contribution in [0.2, 0.25) is 5.02 Å². The summed E-state index contributed by atoms with van der Waals surface area (Å²) in [5, 5.41) is 12.7. The van der Waals surface area contributed by atoms with Crippen LogP contribution in [0.15, 0.2) is 79.5 Å². The number of amides is 2. The molecule has 2 amide bonds. The summed E-state index contributed by atoms with van der Waals surface area (Å²) in [5.74, 6) is 0.761. The zero-order valence-electron chi connectivity index (χ0n) is 20.1. The highest BCUT2D eigenvalue weighted by molar-refractivity contribution is 6.30. The van der Waals surface area contributed by atoms with Crippen molar-refractivity contribution in [3.05, 3.63) is 90.1 Å². The number of carbonyl (C=O) groups excluding carboxylic acids is 1. The van der Waals surface area contributed by atoms with Crippen molar-refractivity contribution in [2.24, 2.45) is 0 Å². The Morgan fingerprint density at radius 1 is 0.975 bits per heavy atom. The minimum absolute atomic E-state index is 0.00556. The molecular formula is C25H17ClF3N9O2. The van der Waals surface area contributed by atoms with Gasteiger partial charge in [-0.25, -0.2) is 24.4 Å². The van der Waals surface area contributed by atoms with Crippen LogP contribution in [-0.4, -0.2) is 36.0 Å². The number of ether oxygens (including phenoxy) is 1. The second-order valence-electron chi connectivity index (χ2n) is 8.12. The maximum atomic E-state index is 13.2. The number of hydrogen-bond acceptors (Lipinski definition) is 8. The summed E-state index contributed by atoms with van der Waals surface area (Å²) in [5.41, 5.74) is 6.63. The van der Waals surface area contributed by atoms with Crippen molar-refractivity contribution < 1.29 is 22.7 Å². The average molecular weight is 568 g/mol. The molecule has 0 aliphatic rings. The number of nitrogens with zero attached hydrogens (tertiary/aromatic N) is 6. The summed E-state index contributed by atoms with van der Waals surface area (Å²) in [4.78, 5) is 24.7. The van der Waals surface area contributed by atoms with E-state index >= 15 is 0 Å². The molecule has 0 bridgehead atoms. The van der Waals surface area contributed by atoms with E-state index in [0.717, 1.165) is 17.7 Å². The van der Waals surface area contributed by atoms with Gasteiger partial charge in [0.05, 0.1) is 52.4 Å². The molecule has 5 aromatic rings. The third kappa shape index (κ3) is 6.07. The Morgan fingerprint density at radius 2 is 1.73 bits per heavy atom. The highest BCUT2D eigenvalue weighted by Crippen LogP contribution is 2.33. The molecule has 40 heavy (non-hydrogen) atoms. The van der Waals surface area contributed by atoms with E-state index in [1.165, 1.54) is 41.7 Å². The van der Waals surface area contributed by atoms with Gasteiger partial charge in [0.15, 0.2) is 0 Å². The number of benzene rings is 2. The lowest BCUT2D eigenvalue weighted by atomic mass is 10.1. The van der Waals surface area contributed by atoms with Crippen molar-refractivity contribution in [3.63, 3.8) is 0 Å². The number of nitrogens with two attached hydrogens (primary N) is 1. The summed E-state index contributed by atoms with van der Waals surface area (Å²) < 4.78 is 46.6. The van der Waals surface area contributed by atoms with E-state index in [1.54, 1.807) is 30.3 Å². The van der Waals surface area contributed by atoms with E-state index in [0.29, 0.717) is 22.2 Å². The van der Waals surface area contributed by atoms with Gasteiger partial charge in [0.2, 0.25) is 0 Å². The maximum absolute atomic E-state index is 13.2. The Labute approximate surface area is 228 Å². The molecule has 0 fully saturated rings. The molecule has 0 spiro atoms. The van der Waals surface area contributed by atoms with Gasteiger partial charge in [0.25, 0.3) is 0 Å². The molecule has 0 saturated heterocycles. The number of urea groups is 1. The van der Waals surface area contributed by atoms with Crippen molar-refractivity contribution in [2.45, 2.75) is 6.18 Å². The van der Waals surface area contributed by atoms with Gasteiger partial charge in [-0.2, -0.15) is 13.2 Å². The zero-order valence-corrected chi connectivity index (χ0v) is 20.9. The van der Waals surface area contributed by atoms with Crippen LogP contribution < -0.4 is 21.1 Å². The van der Waals surface area contributed by atoms with E-state index in [1.807, 2.05) is 0 Å². The van der Waals surface area contributed by atoms with Crippen LogP contribution in [0.25, 0.3) is 16.8 Å². The molecule has 0 aliphatic heterocycles. The van der Waals surface area contributed by atoms with Gasteiger partial charge in [-0.3, -0.25) is 0 Å². The number of rotatable bonds is 6. The highest BCUT2D eigenvalue weighted by Gasteiger charge is 2.31. The zero-order chi connectivity index (χ0) is 28.3. The lowest BCUT2D eigenvalue weighted by molar-refractivity contribution is -0.137. The van der Waals surface area contributed by atoms with Crippen molar-refractivity contribution in [1.82, 2.24) is 29.9 Å². The topological polar surface area (TPSA) is 146 Å². The fraction of sp³-hybridized carbons (Fsp3) is 0.0400. The number of carbonyl (C=O) groups is 1. The first-order valence-corrected chi connectivity index (χ1v) is 11.7. The number of halogens is 4. The van der Waals surface area contributed by atoms with Gasteiger partial charge >= 0.3 is 18.2 Å². The quantitative estimate of drug-likeness (QED) is 0.233. The number of nitrogen functional groups attached to an aromatic ring is 1. The summed E-state index contributed by atoms with van der Waals surface area (Å²) in [6, 6.07) is 10.6. The lowest BCUT2D eigenvalue weighted by Gasteiger charge is -2.14. The van der Waals surface area contributed by atoms with Gasteiger partial charge in [-0.15, -0.1) is 5.10 Å². The Kier molecular flexibility index (Phi) is 7.16. The molecule has 0 atom stereocenters. The normalized spacial score (nSPS) is 11.2. The molecule has 0 unspecified atom stereocenters. The molecule has 0 saturated carbocycles. The van der Waals surface area contributed by atoms with Gasteiger partial charge < -0.3 is 21.1 Å². The number of aromatic nitrogens is 6. The molecule has 2 aromatic carbocycles.